The van der Waals surface area contributed by atoms with Crippen LogP contribution in [0.25, 0.3) is 0 Å². The first-order chi connectivity index (χ1) is 6.52. The fourth-order valence-corrected chi connectivity index (χ4v) is 2.55. The third kappa shape index (κ3) is 1.32. The average molecular weight is 342 g/mol. The zero-order chi connectivity index (χ0) is 10.5. The van der Waals surface area contributed by atoms with Gasteiger partial charge in [0.05, 0.1) is 21.3 Å². The Morgan fingerprint density at radius 2 is 1.93 bits per heavy atom. The van der Waals surface area contributed by atoms with Crippen LogP contribution < -0.4 is 5.32 Å². The molecule has 0 aliphatic carbocycles. The lowest BCUT2D eigenvalue weighted by atomic mass is 10.1. The lowest BCUT2D eigenvalue weighted by Gasteiger charge is -2.04. The molecule has 14 heavy (non-hydrogen) atoms. The van der Waals surface area contributed by atoms with Crippen LogP contribution in [0.3, 0.4) is 0 Å². The molecule has 1 aliphatic rings. The molecule has 1 N–H and O–H groups in total. The number of amides is 1. The number of ketones is 1. The first-order valence-corrected chi connectivity index (χ1v) is 5.39. The maximum absolute atomic E-state index is 11.4. The number of Topliss-reactive ketones (excluding diaryl/α,β-unsaturated/α-hetero) is 1. The number of fused-ring (bicyclic) bond motifs is 1. The Kier molecular flexibility index (Phi) is 2.45. The predicted molar refractivity (Wildman–Crippen MR) is 62.1 cm³/mol. The molecule has 3 nitrogen and oxygen atoms in total. The van der Waals surface area contributed by atoms with E-state index in [1.54, 1.807) is 6.07 Å². The average Bonchev–Trinajstić information content (AvgIpc) is 2.41. The molecule has 72 valence electrons. The number of carbonyl (C=O) groups is 2. The first-order valence-electron chi connectivity index (χ1n) is 3.55. The zero-order valence-corrected chi connectivity index (χ0v) is 10.2. The quantitative estimate of drug-likeness (QED) is 0.448. The van der Waals surface area contributed by atoms with Gasteiger partial charge < -0.3 is 5.32 Å². The van der Waals surface area contributed by atoms with E-state index < -0.39 is 11.7 Å². The number of hydrogen-bond acceptors (Lipinski definition) is 2. The Balaban J connectivity index is 2.80. The van der Waals surface area contributed by atoms with Crippen LogP contribution in [0.1, 0.15) is 10.4 Å². The smallest absolute Gasteiger partial charge is 0.296 e. The van der Waals surface area contributed by atoms with E-state index in [2.05, 4.69) is 5.32 Å². The van der Waals surface area contributed by atoms with Crippen molar-refractivity contribution in [1.29, 1.82) is 0 Å². The molecule has 0 saturated carbocycles. The number of rotatable bonds is 0. The van der Waals surface area contributed by atoms with Crippen LogP contribution >= 0.6 is 45.8 Å². The fraction of sp³-hybridized carbons (Fsp3) is 0. The van der Waals surface area contributed by atoms with Gasteiger partial charge in [-0.15, -0.1) is 0 Å². The second-order valence-corrected chi connectivity index (χ2v) is 4.63. The van der Waals surface area contributed by atoms with Crippen molar-refractivity contribution in [2.75, 3.05) is 5.32 Å². The summed E-state index contributed by atoms with van der Waals surface area (Å²) in [7, 11) is 0. The molecule has 1 aromatic rings. The first kappa shape index (κ1) is 10.2. The Hall–Kier alpha value is -0.330. The summed E-state index contributed by atoms with van der Waals surface area (Å²) in [6.45, 7) is 0. The lowest BCUT2D eigenvalue weighted by Crippen LogP contribution is -2.12. The minimum absolute atomic E-state index is 0.130. The summed E-state index contributed by atoms with van der Waals surface area (Å²) in [6.07, 6.45) is 0. The van der Waals surface area contributed by atoms with E-state index >= 15 is 0 Å². The summed E-state index contributed by atoms with van der Waals surface area (Å²) in [5.41, 5.74) is 0.628. The van der Waals surface area contributed by atoms with Gasteiger partial charge >= 0.3 is 0 Å². The van der Waals surface area contributed by atoms with Crippen molar-refractivity contribution in [2.45, 2.75) is 0 Å². The highest BCUT2D eigenvalue weighted by atomic mass is 127. The van der Waals surface area contributed by atoms with Crippen molar-refractivity contribution in [2.24, 2.45) is 0 Å². The highest BCUT2D eigenvalue weighted by Gasteiger charge is 2.33. The molecule has 2 rings (SSSR count). The second kappa shape index (κ2) is 3.36. The maximum atomic E-state index is 11.4. The monoisotopic (exact) mass is 341 g/mol. The number of benzene rings is 1. The van der Waals surface area contributed by atoms with Gasteiger partial charge in [0.15, 0.2) is 0 Å². The molecule has 0 radical (unpaired) electrons. The minimum Gasteiger partial charge on any atom is -0.317 e. The van der Waals surface area contributed by atoms with E-state index in [0.717, 1.165) is 0 Å². The molecule has 6 heteroatoms. The van der Waals surface area contributed by atoms with Gasteiger partial charge in [-0.3, -0.25) is 9.59 Å². The SMILES string of the molecule is O=C1Nc2c(I)cc(Cl)c(Cl)c2C1=O. The highest BCUT2D eigenvalue weighted by molar-refractivity contribution is 14.1. The van der Waals surface area contributed by atoms with E-state index in [9.17, 15) is 9.59 Å². The van der Waals surface area contributed by atoms with E-state index in [4.69, 9.17) is 23.2 Å². The van der Waals surface area contributed by atoms with Crippen molar-refractivity contribution in [3.63, 3.8) is 0 Å². The van der Waals surface area contributed by atoms with E-state index in [1.807, 2.05) is 22.6 Å². The second-order valence-electron chi connectivity index (χ2n) is 2.69. The van der Waals surface area contributed by atoms with Crippen LogP contribution in [-0.2, 0) is 4.79 Å². The van der Waals surface area contributed by atoms with Gasteiger partial charge in [0.25, 0.3) is 11.7 Å². The molecule has 0 aromatic heterocycles. The maximum Gasteiger partial charge on any atom is 0.296 e. The van der Waals surface area contributed by atoms with Gasteiger partial charge in [-0.1, -0.05) is 23.2 Å². The Morgan fingerprint density at radius 1 is 1.29 bits per heavy atom. The number of nitrogens with one attached hydrogen (secondary N) is 1. The highest BCUT2D eigenvalue weighted by Crippen LogP contribution is 2.38. The van der Waals surface area contributed by atoms with Crippen LogP contribution in [0.2, 0.25) is 10.0 Å². The van der Waals surface area contributed by atoms with Gasteiger partial charge in [0, 0.05) is 3.57 Å². The molecule has 0 fully saturated rings. The molecular weight excluding hydrogens is 340 g/mol. The number of carbonyl (C=O) groups excluding carboxylic acids is 2. The summed E-state index contributed by atoms with van der Waals surface area (Å²) >= 11 is 13.6. The zero-order valence-electron chi connectivity index (χ0n) is 6.53. The Morgan fingerprint density at radius 3 is 2.57 bits per heavy atom. The third-order valence-electron chi connectivity index (χ3n) is 1.84. The summed E-state index contributed by atoms with van der Waals surface area (Å²) in [4.78, 5) is 22.4. The van der Waals surface area contributed by atoms with Crippen LogP contribution in [0.15, 0.2) is 6.07 Å². The molecule has 0 saturated heterocycles. The van der Waals surface area contributed by atoms with Crippen molar-refractivity contribution in [3.05, 3.63) is 25.2 Å². The normalized spacial score (nSPS) is 14.2. The number of anilines is 1. The molecule has 0 spiro atoms. The summed E-state index contributed by atoms with van der Waals surface area (Å²) in [5.74, 6) is -1.30. The molecule has 0 atom stereocenters. The predicted octanol–water partition coefficient (Wildman–Crippen LogP) is 2.73. The van der Waals surface area contributed by atoms with Crippen LogP contribution in [0, 0.1) is 3.57 Å². The van der Waals surface area contributed by atoms with Gasteiger partial charge in [0.2, 0.25) is 0 Å². The fourth-order valence-electron chi connectivity index (χ4n) is 1.21. The van der Waals surface area contributed by atoms with E-state index in [1.165, 1.54) is 0 Å². The van der Waals surface area contributed by atoms with Crippen molar-refractivity contribution >= 4 is 63.2 Å². The topological polar surface area (TPSA) is 46.2 Å². The van der Waals surface area contributed by atoms with Crippen molar-refractivity contribution < 1.29 is 9.59 Å². The minimum atomic E-state index is -0.665. The van der Waals surface area contributed by atoms with Crippen LogP contribution in [-0.4, -0.2) is 11.7 Å². The largest absolute Gasteiger partial charge is 0.317 e. The molecule has 0 bridgehead atoms. The van der Waals surface area contributed by atoms with Gasteiger partial charge in [-0.2, -0.15) is 0 Å². The standard InChI is InChI=1S/C8H2Cl2INO2/c9-2-1-3(11)6-4(5(2)10)7(13)8(14)12-6/h1H,(H,12,13,14). The van der Waals surface area contributed by atoms with Gasteiger partial charge in [0.1, 0.15) is 0 Å². The van der Waals surface area contributed by atoms with Crippen molar-refractivity contribution in [1.82, 2.24) is 0 Å². The number of halogens is 3. The summed E-state index contributed by atoms with van der Waals surface area (Å²) in [5, 5.41) is 2.85. The van der Waals surface area contributed by atoms with Crippen molar-refractivity contribution in [3.8, 4) is 0 Å². The molecule has 1 heterocycles. The van der Waals surface area contributed by atoms with Gasteiger partial charge in [-0.25, -0.2) is 0 Å². The summed E-state index contributed by atoms with van der Waals surface area (Å²) < 4.78 is 0.700. The summed E-state index contributed by atoms with van der Waals surface area (Å²) in [6, 6.07) is 1.60. The Bertz CT molecular complexity index is 473. The molecular formula is C8H2Cl2INO2. The lowest BCUT2D eigenvalue weighted by molar-refractivity contribution is -0.112. The third-order valence-corrected chi connectivity index (χ3v) is 3.48. The molecule has 1 amide bonds. The van der Waals surface area contributed by atoms with E-state index in [-0.39, 0.29) is 15.6 Å². The number of hydrogen-bond donors (Lipinski definition) is 1. The van der Waals surface area contributed by atoms with E-state index in [0.29, 0.717) is 9.26 Å². The Labute approximate surface area is 103 Å². The van der Waals surface area contributed by atoms with Gasteiger partial charge in [-0.05, 0) is 28.7 Å². The van der Waals surface area contributed by atoms with Crippen LogP contribution in [0.5, 0.6) is 0 Å². The molecule has 0 unspecified atom stereocenters. The molecule has 1 aliphatic heterocycles. The molecule has 1 aromatic carbocycles. The van der Waals surface area contributed by atoms with Crippen LogP contribution in [0.4, 0.5) is 5.69 Å².